The van der Waals surface area contributed by atoms with Gasteiger partial charge in [0, 0.05) is 38.4 Å². The number of aldehydes is 1. The number of aromatic nitrogens is 2. The lowest BCUT2D eigenvalue weighted by Crippen LogP contribution is -2.40. The van der Waals surface area contributed by atoms with Gasteiger partial charge in [0.15, 0.2) is 6.29 Å². The van der Waals surface area contributed by atoms with Crippen molar-refractivity contribution in [3.8, 4) is 0 Å². The molecule has 1 aromatic rings. The van der Waals surface area contributed by atoms with Crippen molar-refractivity contribution in [2.45, 2.75) is 58.4 Å². The molecule has 3 heterocycles. The predicted octanol–water partition coefficient (Wildman–Crippen LogP) is 4.09. The van der Waals surface area contributed by atoms with Gasteiger partial charge in [0.05, 0.1) is 12.4 Å². The smallest absolute Gasteiger partial charge is 0.170 e. The van der Waals surface area contributed by atoms with Gasteiger partial charge in [-0.2, -0.15) is 0 Å². The highest BCUT2D eigenvalue weighted by Gasteiger charge is 2.30. The van der Waals surface area contributed by atoms with Gasteiger partial charge in [0.25, 0.3) is 0 Å². The molecule has 7 heteroatoms. The zero-order chi connectivity index (χ0) is 23.6. The second kappa shape index (κ2) is 12.6. The van der Waals surface area contributed by atoms with Crippen molar-refractivity contribution >= 4 is 18.3 Å². The van der Waals surface area contributed by atoms with Crippen molar-refractivity contribution in [3.05, 3.63) is 42.1 Å². The van der Waals surface area contributed by atoms with Gasteiger partial charge in [-0.25, -0.2) is 15.0 Å². The Labute approximate surface area is 199 Å². The molecule has 0 bridgehead atoms. The van der Waals surface area contributed by atoms with Gasteiger partial charge in [0.2, 0.25) is 0 Å². The highest BCUT2D eigenvalue weighted by atomic mass is 16.1. The largest absolute Gasteiger partial charge is 0.357 e. The minimum absolute atomic E-state index is 0.386. The molecule has 7 nitrogen and oxygen atoms in total. The lowest BCUT2D eigenvalue weighted by atomic mass is 9.79. The lowest BCUT2D eigenvalue weighted by molar-refractivity contribution is 0.111. The van der Waals surface area contributed by atoms with Crippen LogP contribution in [-0.4, -0.2) is 66.6 Å². The number of hydrogen-bond acceptors (Lipinski definition) is 7. The number of piperidine rings is 2. The van der Waals surface area contributed by atoms with Crippen LogP contribution in [0.2, 0.25) is 0 Å². The van der Waals surface area contributed by atoms with Crippen LogP contribution in [0.3, 0.4) is 0 Å². The van der Waals surface area contributed by atoms with Gasteiger partial charge in [-0.1, -0.05) is 12.7 Å². The molecule has 33 heavy (non-hydrogen) atoms. The molecule has 0 amide bonds. The molecule has 4 rings (SSSR count). The number of rotatable bonds is 7. The summed E-state index contributed by atoms with van der Waals surface area (Å²) in [5, 5.41) is 3.14. The molecule has 3 fully saturated rings. The van der Waals surface area contributed by atoms with Crippen molar-refractivity contribution in [3.63, 3.8) is 0 Å². The Morgan fingerprint density at radius 2 is 1.70 bits per heavy atom. The van der Waals surface area contributed by atoms with Crippen LogP contribution in [0, 0.1) is 11.8 Å². The first-order valence-electron chi connectivity index (χ1n) is 12.3. The Balaban J connectivity index is 0.000000541. The summed E-state index contributed by atoms with van der Waals surface area (Å²) in [7, 11) is 2.01. The lowest BCUT2D eigenvalue weighted by Gasteiger charge is -2.40. The molecule has 1 aromatic heterocycles. The first-order chi connectivity index (χ1) is 16.0. The third-order valence-electron chi connectivity index (χ3n) is 7.07. The topological polar surface area (TPSA) is 73.7 Å². The maximum Gasteiger partial charge on any atom is 0.170 e. The number of likely N-dealkylation sites (tertiary alicyclic amines) is 1. The summed E-state index contributed by atoms with van der Waals surface area (Å²) in [5.41, 5.74) is 1.55. The number of hydrogen-bond donors (Lipinski definition) is 1. The summed E-state index contributed by atoms with van der Waals surface area (Å²) in [6.07, 6.45) is 15.6. The Morgan fingerprint density at radius 3 is 2.15 bits per heavy atom. The van der Waals surface area contributed by atoms with Crippen LogP contribution >= 0.6 is 0 Å². The summed E-state index contributed by atoms with van der Waals surface area (Å²) < 4.78 is 0. The van der Waals surface area contributed by atoms with E-state index >= 15 is 0 Å². The quantitative estimate of drug-likeness (QED) is 0.496. The van der Waals surface area contributed by atoms with Crippen LogP contribution in [0.25, 0.3) is 0 Å². The SMILES string of the molecule is C=C(/N=C\C(C)=C/C)N1CCC(C2CCN(c3cnc(C=O)cn3)CC2)CC1.CNC1CC1. The van der Waals surface area contributed by atoms with E-state index in [4.69, 9.17) is 0 Å². The molecular formula is C26H40N6O. The van der Waals surface area contributed by atoms with E-state index in [2.05, 4.69) is 49.7 Å². The highest BCUT2D eigenvalue weighted by Crippen LogP contribution is 2.34. The summed E-state index contributed by atoms with van der Waals surface area (Å²) in [5.74, 6) is 3.33. The molecule has 0 atom stereocenters. The Morgan fingerprint density at radius 1 is 1.06 bits per heavy atom. The monoisotopic (exact) mass is 452 g/mol. The van der Waals surface area contributed by atoms with E-state index in [0.717, 1.165) is 67.6 Å². The van der Waals surface area contributed by atoms with Crippen molar-refractivity contribution in [2.75, 3.05) is 38.1 Å². The number of aliphatic imine (C=N–C) groups is 1. The second-order valence-corrected chi connectivity index (χ2v) is 9.34. The number of anilines is 1. The fraction of sp³-hybridized carbons (Fsp3) is 0.615. The molecule has 0 spiro atoms. The first kappa shape index (κ1) is 25.1. The number of nitrogens with one attached hydrogen (secondary N) is 1. The zero-order valence-electron chi connectivity index (χ0n) is 20.5. The summed E-state index contributed by atoms with van der Waals surface area (Å²) in [6, 6.07) is 0.884. The summed E-state index contributed by atoms with van der Waals surface area (Å²) >= 11 is 0. The minimum Gasteiger partial charge on any atom is -0.357 e. The molecule has 2 saturated heterocycles. The van der Waals surface area contributed by atoms with Crippen LogP contribution < -0.4 is 10.2 Å². The Kier molecular flexibility index (Phi) is 9.61. The molecule has 180 valence electrons. The Bertz CT molecular complexity index is 814. The van der Waals surface area contributed by atoms with Crippen molar-refractivity contribution in [1.82, 2.24) is 20.2 Å². The van der Waals surface area contributed by atoms with Gasteiger partial charge in [-0.05, 0) is 76.8 Å². The van der Waals surface area contributed by atoms with E-state index < -0.39 is 0 Å². The molecule has 1 saturated carbocycles. The normalized spacial score (nSPS) is 20.5. The van der Waals surface area contributed by atoms with E-state index in [1.54, 1.807) is 12.4 Å². The Hall–Kier alpha value is -2.54. The van der Waals surface area contributed by atoms with Crippen LogP contribution in [0.15, 0.2) is 41.4 Å². The van der Waals surface area contributed by atoms with E-state index in [0.29, 0.717) is 5.69 Å². The highest BCUT2D eigenvalue weighted by molar-refractivity contribution is 5.78. The fourth-order valence-electron chi connectivity index (χ4n) is 4.49. The van der Waals surface area contributed by atoms with Gasteiger partial charge >= 0.3 is 0 Å². The molecule has 1 N–H and O–H groups in total. The number of allylic oxidation sites excluding steroid dienone is 2. The molecule has 3 aliphatic rings. The zero-order valence-corrected chi connectivity index (χ0v) is 20.5. The van der Waals surface area contributed by atoms with Crippen LogP contribution in [-0.2, 0) is 0 Å². The molecule has 0 aromatic carbocycles. The first-order valence-corrected chi connectivity index (χ1v) is 12.3. The third kappa shape index (κ3) is 7.77. The van der Waals surface area contributed by atoms with Gasteiger partial charge in [0.1, 0.15) is 17.3 Å². The molecule has 0 radical (unpaired) electrons. The average Bonchev–Trinajstić information content (AvgIpc) is 3.72. The van der Waals surface area contributed by atoms with Crippen LogP contribution in [0.1, 0.15) is 62.9 Å². The molecule has 2 aliphatic heterocycles. The van der Waals surface area contributed by atoms with Crippen LogP contribution in [0.5, 0.6) is 0 Å². The van der Waals surface area contributed by atoms with Crippen molar-refractivity contribution < 1.29 is 4.79 Å². The standard InChI is InChI=1S/C22H31N5O.C4H9N/c1-4-17(2)13-23-18(3)26-9-5-19(6-10-26)20-7-11-27(12-8-20)22-15-24-21(16-28)14-25-22;1-5-4-2-3-4/h4,13-16,19-20H,3,5-12H2,1-2H3;4-5H,2-3H2,1H3/b17-4-,23-13-;. The van der Waals surface area contributed by atoms with Gasteiger partial charge in [-0.3, -0.25) is 4.79 Å². The third-order valence-corrected chi connectivity index (χ3v) is 7.07. The maximum absolute atomic E-state index is 10.7. The number of carbonyl (C=O) groups excluding carboxylic acids is 1. The van der Waals surface area contributed by atoms with E-state index in [-0.39, 0.29) is 0 Å². The fourth-order valence-corrected chi connectivity index (χ4v) is 4.49. The van der Waals surface area contributed by atoms with E-state index in [1.165, 1.54) is 38.5 Å². The summed E-state index contributed by atoms with van der Waals surface area (Å²) in [6.45, 7) is 12.3. The summed E-state index contributed by atoms with van der Waals surface area (Å²) in [4.78, 5) is 28.3. The van der Waals surface area contributed by atoms with Gasteiger partial charge in [-0.15, -0.1) is 0 Å². The molecule has 1 aliphatic carbocycles. The van der Waals surface area contributed by atoms with Crippen LogP contribution in [0.4, 0.5) is 5.82 Å². The predicted molar refractivity (Wildman–Crippen MR) is 136 cm³/mol. The van der Waals surface area contributed by atoms with Crippen molar-refractivity contribution in [2.24, 2.45) is 16.8 Å². The van der Waals surface area contributed by atoms with E-state index in [1.807, 2.05) is 20.2 Å². The molecule has 0 unspecified atom stereocenters. The average molecular weight is 453 g/mol. The van der Waals surface area contributed by atoms with Crippen molar-refractivity contribution in [1.29, 1.82) is 0 Å². The van der Waals surface area contributed by atoms with Gasteiger partial charge < -0.3 is 15.1 Å². The number of nitrogens with zero attached hydrogens (tertiary/aromatic N) is 5. The molecular weight excluding hydrogens is 412 g/mol. The minimum atomic E-state index is 0.386. The number of carbonyl (C=O) groups is 1. The maximum atomic E-state index is 10.7. The van der Waals surface area contributed by atoms with E-state index in [9.17, 15) is 4.79 Å². The second-order valence-electron chi connectivity index (χ2n) is 9.34.